The lowest BCUT2D eigenvalue weighted by molar-refractivity contribution is -0.143. The predicted octanol–water partition coefficient (Wildman–Crippen LogP) is 4.14. The summed E-state index contributed by atoms with van der Waals surface area (Å²) in [4.78, 5) is 50.4. The van der Waals surface area contributed by atoms with E-state index in [1.165, 1.54) is 14.2 Å². The van der Waals surface area contributed by atoms with Crippen LogP contribution in [0.2, 0.25) is 0 Å². The van der Waals surface area contributed by atoms with E-state index in [0.29, 0.717) is 26.3 Å². The minimum Gasteiger partial charge on any atom is -0.493 e. The van der Waals surface area contributed by atoms with E-state index in [2.05, 4.69) is 10.1 Å². The molecule has 0 bridgehead atoms. The summed E-state index contributed by atoms with van der Waals surface area (Å²) in [5, 5.41) is 2.23. The number of ether oxygens (including phenoxy) is 3. The highest BCUT2D eigenvalue weighted by atomic mass is 127. The molecule has 1 heterocycles. The van der Waals surface area contributed by atoms with Gasteiger partial charge in [-0.3, -0.25) is 19.3 Å². The fourth-order valence-electron chi connectivity index (χ4n) is 3.14. The fraction of sp³-hybridized carbons (Fsp3) is 0.250. The number of nitrogens with zero attached hydrogens (tertiary/aromatic N) is 1. The molecule has 0 aromatic heterocycles. The number of halogens is 1. The van der Waals surface area contributed by atoms with Crippen LogP contribution >= 0.6 is 34.4 Å². The van der Waals surface area contributed by atoms with Crippen molar-refractivity contribution in [1.82, 2.24) is 4.90 Å². The van der Waals surface area contributed by atoms with E-state index >= 15 is 0 Å². The lowest BCUT2D eigenvalue weighted by Crippen LogP contribution is -2.36. The van der Waals surface area contributed by atoms with Crippen molar-refractivity contribution in [3.8, 4) is 11.5 Å². The van der Waals surface area contributed by atoms with Gasteiger partial charge in [-0.1, -0.05) is 12.1 Å². The van der Waals surface area contributed by atoms with Crippen molar-refractivity contribution in [3.63, 3.8) is 0 Å². The van der Waals surface area contributed by atoms with Crippen molar-refractivity contribution >= 4 is 69.1 Å². The molecule has 0 spiro atoms. The summed E-state index contributed by atoms with van der Waals surface area (Å²) in [6, 6.07) is 8.98. The Labute approximate surface area is 220 Å². The van der Waals surface area contributed by atoms with Gasteiger partial charge in [-0.25, -0.2) is 4.79 Å². The zero-order chi connectivity index (χ0) is 25.7. The predicted molar refractivity (Wildman–Crippen MR) is 140 cm³/mol. The molecule has 1 aliphatic heterocycles. The Morgan fingerprint density at radius 3 is 2.57 bits per heavy atom. The van der Waals surface area contributed by atoms with Gasteiger partial charge in [0, 0.05) is 5.69 Å². The van der Waals surface area contributed by atoms with E-state index in [-0.39, 0.29) is 11.5 Å². The van der Waals surface area contributed by atoms with Crippen molar-refractivity contribution in [2.24, 2.45) is 0 Å². The standard InChI is InChI=1S/C24H23IN2O7S/c1-13-5-6-14(2)17(7-13)26-20(28)11-27-23(30)19(35-24(27)31)10-15-8-16(25)22(18(9-15)32-3)34-12-21(29)33-4/h5-10H,11-12H2,1-4H3,(H,26,28)/b19-10-. The van der Waals surface area contributed by atoms with Gasteiger partial charge in [0.05, 0.1) is 22.7 Å². The Bertz CT molecular complexity index is 1230. The number of rotatable bonds is 8. The van der Waals surface area contributed by atoms with Crippen LogP contribution in [-0.2, 0) is 19.1 Å². The highest BCUT2D eigenvalue weighted by molar-refractivity contribution is 14.1. The van der Waals surface area contributed by atoms with Gasteiger partial charge in [0.1, 0.15) is 6.54 Å². The smallest absolute Gasteiger partial charge is 0.343 e. The van der Waals surface area contributed by atoms with Crippen molar-refractivity contribution in [1.29, 1.82) is 0 Å². The number of esters is 1. The first-order valence-corrected chi connectivity index (χ1v) is 12.2. The number of imide groups is 1. The largest absolute Gasteiger partial charge is 0.493 e. The first-order valence-electron chi connectivity index (χ1n) is 10.3. The molecule has 3 amide bonds. The van der Waals surface area contributed by atoms with Gasteiger partial charge in [0.2, 0.25) is 5.91 Å². The summed E-state index contributed by atoms with van der Waals surface area (Å²) in [5.74, 6) is -0.866. The highest BCUT2D eigenvalue weighted by Gasteiger charge is 2.36. The number of carbonyl (C=O) groups is 4. The van der Waals surface area contributed by atoms with Crippen LogP contribution in [0.4, 0.5) is 10.5 Å². The number of thioether (sulfide) groups is 1. The molecular formula is C24H23IN2O7S. The lowest BCUT2D eigenvalue weighted by atomic mass is 10.1. The molecule has 184 valence electrons. The van der Waals surface area contributed by atoms with Crippen LogP contribution in [0.15, 0.2) is 35.2 Å². The van der Waals surface area contributed by atoms with Gasteiger partial charge >= 0.3 is 5.97 Å². The van der Waals surface area contributed by atoms with E-state index in [9.17, 15) is 19.2 Å². The topological polar surface area (TPSA) is 111 Å². The van der Waals surface area contributed by atoms with Crippen molar-refractivity contribution in [3.05, 3.63) is 55.5 Å². The quantitative estimate of drug-likeness (QED) is 0.270. The number of aryl methyl sites for hydroxylation is 2. The summed E-state index contributed by atoms with van der Waals surface area (Å²) in [5.41, 5.74) is 3.07. The Morgan fingerprint density at radius 1 is 1.14 bits per heavy atom. The molecule has 1 N–H and O–H groups in total. The normalized spacial score (nSPS) is 14.3. The molecule has 0 aliphatic carbocycles. The second kappa shape index (κ2) is 11.6. The van der Waals surface area contributed by atoms with Crippen LogP contribution in [0.3, 0.4) is 0 Å². The monoisotopic (exact) mass is 610 g/mol. The summed E-state index contributed by atoms with van der Waals surface area (Å²) < 4.78 is 16.1. The molecule has 0 atom stereocenters. The molecular weight excluding hydrogens is 587 g/mol. The van der Waals surface area contributed by atoms with E-state index in [1.807, 2.05) is 54.6 Å². The zero-order valence-corrected chi connectivity index (χ0v) is 22.4. The van der Waals surface area contributed by atoms with E-state index in [0.717, 1.165) is 27.8 Å². The maximum absolute atomic E-state index is 12.9. The minimum absolute atomic E-state index is 0.176. The van der Waals surface area contributed by atoms with Gasteiger partial charge in [-0.05, 0) is 89.2 Å². The molecule has 1 fully saturated rings. The first-order chi connectivity index (χ1) is 16.6. The molecule has 0 radical (unpaired) electrons. The Kier molecular flexibility index (Phi) is 8.78. The third-order valence-electron chi connectivity index (χ3n) is 4.95. The van der Waals surface area contributed by atoms with Crippen LogP contribution < -0.4 is 14.8 Å². The number of methoxy groups -OCH3 is 2. The molecule has 0 saturated carbocycles. The SMILES string of the molecule is COC(=O)COc1c(I)cc(/C=C2\SC(=O)N(CC(=O)Nc3cc(C)ccc3C)C2=O)cc1OC. The second-order valence-electron chi connectivity index (χ2n) is 7.53. The number of nitrogens with one attached hydrogen (secondary N) is 1. The molecule has 9 nitrogen and oxygen atoms in total. The number of carbonyl (C=O) groups excluding carboxylic acids is 4. The van der Waals surface area contributed by atoms with Crippen molar-refractivity contribution in [2.45, 2.75) is 13.8 Å². The number of benzene rings is 2. The van der Waals surface area contributed by atoms with Crippen LogP contribution in [0.1, 0.15) is 16.7 Å². The fourth-order valence-corrected chi connectivity index (χ4v) is 4.76. The molecule has 1 aliphatic rings. The maximum atomic E-state index is 12.9. The van der Waals surface area contributed by atoms with Crippen molar-refractivity contribution in [2.75, 3.05) is 32.7 Å². The van der Waals surface area contributed by atoms with Crippen LogP contribution in [0.5, 0.6) is 11.5 Å². The molecule has 11 heteroatoms. The molecule has 0 unspecified atom stereocenters. The summed E-state index contributed by atoms with van der Waals surface area (Å²) in [6.45, 7) is 3.09. The van der Waals surface area contributed by atoms with E-state index in [1.54, 1.807) is 18.2 Å². The molecule has 3 rings (SSSR count). The van der Waals surface area contributed by atoms with E-state index in [4.69, 9.17) is 9.47 Å². The zero-order valence-electron chi connectivity index (χ0n) is 19.5. The number of amides is 3. The number of hydrogen-bond acceptors (Lipinski definition) is 8. The van der Waals surface area contributed by atoms with Gasteiger partial charge in [-0.2, -0.15) is 0 Å². The molecule has 2 aromatic carbocycles. The van der Waals surface area contributed by atoms with E-state index < -0.39 is 29.6 Å². The lowest BCUT2D eigenvalue weighted by Gasteiger charge is -2.14. The average molecular weight is 610 g/mol. The molecule has 2 aromatic rings. The maximum Gasteiger partial charge on any atom is 0.343 e. The minimum atomic E-state index is -0.559. The third kappa shape index (κ3) is 6.54. The summed E-state index contributed by atoms with van der Waals surface area (Å²) in [6.07, 6.45) is 1.54. The highest BCUT2D eigenvalue weighted by Crippen LogP contribution is 2.37. The third-order valence-corrected chi connectivity index (χ3v) is 6.66. The van der Waals surface area contributed by atoms with Crippen LogP contribution in [0, 0.1) is 17.4 Å². The van der Waals surface area contributed by atoms with Crippen LogP contribution in [-0.4, -0.2) is 55.3 Å². The number of hydrogen-bond donors (Lipinski definition) is 1. The Hall–Kier alpha value is -3.06. The van der Waals surface area contributed by atoms with Gasteiger partial charge in [0.25, 0.3) is 11.1 Å². The Morgan fingerprint density at radius 2 is 1.89 bits per heavy atom. The van der Waals surface area contributed by atoms with Crippen molar-refractivity contribution < 1.29 is 33.4 Å². The number of anilines is 1. The van der Waals surface area contributed by atoms with Gasteiger partial charge in [0.15, 0.2) is 18.1 Å². The summed E-state index contributed by atoms with van der Waals surface area (Å²) >= 11 is 2.77. The molecule has 1 saturated heterocycles. The average Bonchev–Trinajstić information content (AvgIpc) is 3.07. The molecule has 35 heavy (non-hydrogen) atoms. The summed E-state index contributed by atoms with van der Waals surface area (Å²) in [7, 11) is 2.71. The van der Waals surface area contributed by atoms with Crippen LogP contribution in [0.25, 0.3) is 6.08 Å². The van der Waals surface area contributed by atoms with Gasteiger partial charge in [-0.15, -0.1) is 0 Å². The second-order valence-corrected chi connectivity index (χ2v) is 9.69. The first kappa shape index (κ1) is 26.5. The Balaban J connectivity index is 1.75. The van der Waals surface area contributed by atoms with Gasteiger partial charge < -0.3 is 19.5 Å².